The lowest BCUT2D eigenvalue weighted by Crippen LogP contribution is -2.31. The van der Waals surface area contributed by atoms with E-state index in [1.54, 1.807) is 0 Å². The van der Waals surface area contributed by atoms with Gasteiger partial charge in [-0.05, 0) is 42.1 Å². The standard InChI is InChI=1S/C19H28O/c1-16(14-20-15-18-10-6-4-7-11-18)17(2)19(3)12-8-5-9-13-19/h4,6-8,10-12,16-17H,5,9,13-15H2,1-3H3/t16-,17-,19+/m0/s1. The van der Waals surface area contributed by atoms with Crippen LogP contribution in [0.1, 0.15) is 45.6 Å². The maximum absolute atomic E-state index is 5.91. The number of allylic oxidation sites excluding steroid dienone is 2. The van der Waals surface area contributed by atoms with Gasteiger partial charge in [0.25, 0.3) is 0 Å². The summed E-state index contributed by atoms with van der Waals surface area (Å²) in [6.07, 6.45) is 8.69. The first-order chi connectivity index (χ1) is 9.62. The fourth-order valence-electron chi connectivity index (χ4n) is 3.15. The van der Waals surface area contributed by atoms with E-state index in [9.17, 15) is 0 Å². The van der Waals surface area contributed by atoms with Gasteiger partial charge in [0, 0.05) is 6.61 Å². The third kappa shape index (κ3) is 3.96. The van der Waals surface area contributed by atoms with Crippen molar-refractivity contribution in [1.29, 1.82) is 0 Å². The molecule has 1 heteroatoms. The summed E-state index contributed by atoms with van der Waals surface area (Å²) in [5.74, 6) is 1.25. The maximum atomic E-state index is 5.91. The Balaban J connectivity index is 1.80. The van der Waals surface area contributed by atoms with E-state index in [1.165, 1.54) is 24.8 Å². The first-order valence-corrected chi connectivity index (χ1v) is 7.91. The number of rotatable bonds is 6. The molecule has 0 aromatic heterocycles. The highest BCUT2D eigenvalue weighted by Gasteiger charge is 2.32. The van der Waals surface area contributed by atoms with Crippen LogP contribution >= 0.6 is 0 Å². The Morgan fingerprint density at radius 1 is 1.20 bits per heavy atom. The van der Waals surface area contributed by atoms with Gasteiger partial charge in [-0.3, -0.25) is 0 Å². The van der Waals surface area contributed by atoms with E-state index in [-0.39, 0.29) is 0 Å². The lowest BCUT2D eigenvalue weighted by Gasteiger charge is -2.38. The lowest BCUT2D eigenvalue weighted by atomic mass is 9.67. The average molecular weight is 272 g/mol. The Labute approximate surface area is 124 Å². The van der Waals surface area contributed by atoms with E-state index < -0.39 is 0 Å². The van der Waals surface area contributed by atoms with Crippen molar-refractivity contribution < 1.29 is 4.74 Å². The molecule has 0 spiro atoms. The van der Waals surface area contributed by atoms with E-state index in [0.29, 0.717) is 17.3 Å². The maximum Gasteiger partial charge on any atom is 0.0717 e. The van der Waals surface area contributed by atoms with Gasteiger partial charge in [-0.15, -0.1) is 0 Å². The van der Waals surface area contributed by atoms with E-state index in [2.05, 4.69) is 57.2 Å². The molecule has 20 heavy (non-hydrogen) atoms. The Morgan fingerprint density at radius 3 is 2.60 bits per heavy atom. The summed E-state index contributed by atoms with van der Waals surface area (Å²) in [5, 5.41) is 0. The van der Waals surface area contributed by atoms with Crippen LogP contribution in [-0.2, 0) is 11.3 Å². The SMILES string of the molecule is C[C@@H](COCc1ccccc1)[C@H](C)[C@]1(C)C=CCCC1. The number of hydrogen-bond donors (Lipinski definition) is 0. The van der Waals surface area contributed by atoms with Gasteiger partial charge in [-0.1, -0.05) is 63.3 Å². The van der Waals surface area contributed by atoms with Crippen molar-refractivity contribution in [2.75, 3.05) is 6.61 Å². The molecule has 0 bridgehead atoms. The molecule has 0 saturated heterocycles. The highest BCUT2D eigenvalue weighted by molar-refractivity contribution is 5.13. The van der Waals surface area contributed by atoms with E-state index in [0.717, 1.165) is 13.2 Å². The van der Waals surface area contributed by atoms with Crippen molar-refractivity contribution in [3.05, 3.63) is 48.0 Å². The van der Waals surface area contributed by atoms with Crippen LogP contribution in [0, 0.1) is 17.3 Å². The van der Waals surface area contributed by atoms with Crippen molar-refractivity contribution in [3.63, 3.8) is 0 Å². The summed E-state index contributed by atoms with van der Waals surface area (Å²) in [4.78, 5) is 0. The molecular formula is C19H28O. The predicted octanol–water partition coefficient (Wildman–Crippen LogP) is 5.22. The molecule has 1 aliphatic carbocycles. The Bertz CT molecular complexity index is 423. The second-order valence-corrected chi connectivity index (χ2v) is 6.57. The lowest BCUT2D eigenvalue weighted by molar-refractivity contribution is 0.0486. The molecule has 0 radical (unpaired) electrons. The van der Waals surface area contributed by atoms with Gasteiger partial charge in [-0.2, -0.15) is 0 Å². The summed E-state index contributed by atoms with van der Waals surface area (Å²) in [7, 11) is 0. The third-order valence-corrected chi connectivity index (χ3v) is 4.97. The topological polar surface area (TPSA) is 9.23 Å². The Morgan fingerprint density at radius 2 is 1.95 bits per heavy atom. The van der Waals surface area contributed by atoms with Crippen LogP contribution in [-0.4, -0.2) is 6.61 Å². The number of benzene rings is 1. The van der Waals surface area contributed by atoms with Crippen molar-refractivity contribution in [1.82, 2.24) is 0 Å². The van der Waals surface area contributed by atoms with Crippen LogP contribution in [0.25, 0.3) is 0 Å². The average Bonchev–Trinajstić information content (AvgIpc) is 2.48. The van der Waals surface area contributed by atoms with Crippen LogP contribution in [0.3, 0.4) is 0 Å². The van der Waals surface area contributed by atoms with Crippen LogP contribution in [0.5, 0.6) is 0 Å². The monoisotopic (exact) mass is 272 g/mol. The van der Waals surface area contributed by atoms with Crippen molar-refractivity contribution in [3.8, 4) is 0 Å². The summed E-state index contributed by atoms with van der Waals surface area (Å²) in [6, 6.07) is 10.4. The van der Waals surface area contributed by atoms with Crippen LogP contribution in [0.15, 0.2) is 42.5 Å². The highest BCUT2D eigenvalue weighted by atomic mass is 16.5. The van der Waals surface area contributed by atoms with Crippen molar-refractivity contribution in [2.24, 2.45) is 17.3 Å². The van der Waals surface area contributed by atoms with Gasteiger partial charge in [0.2, 0.25) is 0 Å². The second kappa shape index (κ2) is 7.08. The fraction of sp³-hybridized carbons (Fsp3) is 0.579. The van der Waals surface area contributed by atoms with E-state index >= 15 is 0 Å². The minimum atomic E-state index is 0.355. The highest BCUT2D eigenvalue weighted by Crippen LogP contribution is 2.41. The molecule has 1 aromatic carbocycles. The molecule has 0 N–H and O–H groups in total. The van der Waals surface area contributed by atoms with E-state index in [1.807, 2.05) is 6.07 Å². The van der Waals surface area contributed by atoms with Gasteiger partial charge in [0.15, 0.2) is 0 Å². The molecule has 2 rings (SSSR count). The van der Waals surface area contributed by atoms with Crippen LogP contribution < -0.4 is 0 Å². The van der Waals surface area contributed by atoms with Crippen molar-refractivity contribution in [2.45, 2.75) is 46.6 Å². The fourth-order valence-corrected chi connectivity index (χ4v) is 3.15. The van der Waals surface area contributed by atoms with Gasteiger partial charge in [0.1, 0.15) is 0 Å². The zero-order valence-corrected chi connectivity index (χ0v) is 13.1. The molecular weight excluding hydrogens is 244 g/mol. The zero-order chi connectivity index (χ0) is 14.4. The van der Waals surface area contributed by atoms with Crippen LogP contribution in [0.4, 0.5) is 0 Å². The molecule has 1 aromatic rings. The van der Waals surface area contributed by atoms with Crippen molar-refractivity contribution >= 4 is 0 Å². The number of ether oxygens (including phenoxy) is 1. The molecule has 110 valence electrons. The molecule has 0 aliphatic heterocycles. The largest absolute Gasteiger partial charge is 0.376 e. The molecule has 0 fully saturated rings. The quantitative estimate of drug-likeness (QED) is 0.645. The molecule has 0 saturated carbocycles. The normalized spacial score (nSPS) is 25.4. The summed E-state index contributed by atoms with van der Waals surface area (Å²) in [6.45, 7) is 8.68. The predicted molar refractivity (Wildman–Crippen MR) is 85.5 cm³/mol. The molecule has 1 aliphatic rings. The first kappa shape index (κ1) is 15.3. The zero-order valence-electron chi connectivity index (χ0n) is 13.1. The Kier molecular flexibility index (Phi) is 5.42. The smallest absolute Gasteiger partial charge is 0.0717 e. The molecule has 3 atom stereocenters. The molecule has 1 nitrogen and oxygen atoms in total. The minimum absolute atomic E-state index is 0.355. The van der Waals surface area contributed by atoms with Gasteiger partial charge >= 0.3 is 0 Å². The second-order valence-electron chi connectivity index (χ2n) is 6.57. The first-order valence-electron chi connectivity index (χ1n) is 7.91. The summed E-state index contributed by atoms with van der Waals surface area (Å²) >= 11 is 0. The molecule has 0 heterocycles. The van der Waals surface area contributed by atoms with Gasteiger partial charge in [-0.25, -0.2) is 0 Å². The van der Waals surface area contributed by atoms with Crippen LogP contribution in [0.2, 0.25) is 0 Å². The number of hydrogen-bond acceptors (Lipinski definition) is 1. The molecule has 0 amide bonds. The van der Waals surface area contributed by atoms with Gasteiger partial charge < -0.3 is 4.74 Å². The molecule has 0 unspecified atom stereocenters. The van der Waals surface area contributed by atoms with E-state index in [4.69, 9.17) is 4.74 Å². The summed E-state index contributed by atoms with van der Waals surface area (Å²) in [5.41, 5.74) is 1.62. The van der Waals surface area contributed by atoms with Gasteiger partial charge in [0.05, 0.1) is 6.61 Å². The summed E-state index contributed by atoms with van der Waals surface area (Å²) < 4.78 is 5.91. The minimum Gasteiger partial charge on any atom is -0.376 e. The Hall–Kier alpha value is -1.08. The third-order valence-electron chi connectivity index (χ3n) is 4.97.